The number of aliphatic imine (C=N–C) groups is 1. The molecule has 0 saturated carbocycles. The lowest BCUT2D eigenvalue weighted by atomic mass is 9.89. The van der Waals surface area contributed by atoms with E-state index in [0.717, 1.165) is 23.1 Å². The van der Waals surface area contributed by atoms with Crippen LogP contribution in [-0.2, 0) is 19.2 Å². The molecule has 2 heterocycles. The van der Waals surface area contributed by atoms with Gasteiger partial charge >= 0.3 is 6.36 Å². The molecule has 0 radical (unpaired) electrons. The third kappa shape index (κ3) is 8.34. The van der Waals surface area contributed by atoms with Crippen molar-refractivity contribution in [3.63, 3.8) is 0 Å². The molecule has 2 aromatic rings. The topological polar surface area (TPSA) is 107 Å². The van der Waals surface area contributed by atoms with Crippen molar-refractivity contribution < 1.29 is 40.3 Å². The summed E-state index contributed by atoms with van der Waals surface area (Å²) < 4.78 is 81.8. The number of hydrogen-bond donors (Lipinski definition) is 1. The highest BCUT2D eigenvalue weighted by Gasteiger charge is 2.47. The van der Waals surface area contributed by atoms with E-state index in [-0.39, 0.29) is 42.4 Å². The molecule has 1 N–H and O–H groups in total. The Balaban J connectivity index is 1.38. The quantitative estimate of drug-likeness (QED) is 0.246. The number of carbonyl (C=O) groups excluding carboxylic acids is 1. The summed E-state index contributed by atoms with van der Waals surface area (Å²) in [4.78, 5) is 17.4. The molecule has 2 aliphatic heterocycles. The van der Waals surface area contributed by atoms with Gasteiger partial charge in [0.15, 0.2) is 8.32 Å². The lowest BCUT2D eigenvalue weighted by Crippen LogP contribution is -2.50. The van der Waals surface area contributed by atoms with Gasteiger partial charge in [-0.15, -0.1) is 13.2 Å². The maximum atomic E-state index is 13.2. The Labute approximate surface area is 263 Å². The number of carbonyl (C=O) groups is 1. The van der Waals surface area contributed by atoms with E-state index in [9.17, 15) is 26.4 Å². The normalized spacial score (nSPS) is 17.9. The summed E-state index contributed by atoms with van der Waals surface area (Å²) in [5, 5.41) is 3.88. The van der Waals surface area contributed by atoms with Gasteiger partial charge in [-0.25, -0.2) is 8.42 Å². The number of benzene rings is 2. The highest BCUT2D eigenvalue weighted by atomic mass is 32.2. The predicted octanol–water partition coefficient (Wildman–Crippen LogP) is 6.01. The molecule has 0 bridgehead atoms. The number of hydrogen-bond acceptors (Lipinski definition) is 7. The maximum absolute atomic E-state index is 13.2. The average Bonchev–Trinajstić information content (AvgIpc) is 3.25. The first-order valence-corrected chi connectivity index (χ1v) is 19.1. The maximum Gasteiger partial charge on any atom is 0.573 e. The predicted molar refractivity (Wildman–Crippen MR) is 169 cm³/mol. The number of rotatable bonds is 10. The Bertz CT molecular complexity index is 1580. The van der Waals surface area contributed by atoms with Gasteiger partial charge in [-0.2, -0.15) is 4.31 Å². The van der Waals surface area contributed by atoms with E-state index in [1.807, 2.05) is 13.0 Å². The summed E-state index contributed by atoms with van der Waals surface area (Å²) in [6.07, 6.45) is -3.09. The molecule has 4 rings (SSSR count). The largest absolute Gasteiger partial charge is 0.573 e. The molecule has 1 amide bonds. The van der Waals surface area contributed by atoms with Crippen LogP contribution in [0.4, 0.5) is 13.2 Å². The van der Waals surface area contributed by atoms with Crippen LogP contribution in [0.15, 0.2) is 52.9 Å². The van der Waals surface area contributed by atoms with Crippen LogP contribution >= 0.6 is 0 Å². The fourth-order valence-corrected chi connectivity index (χ4v) is 7.03. The van der Waals surface area contributed by atoms with Gasteiger partial charge in [0.05, 0.1) is 6.61 Å². The third-order valence-corrected chi connectivity index (χ3v) is 14.7. The number of piperidine rings is 1. The van der Waals surface area contributed by atoms with Crippen molar-refractivity contribution in [2.45, 2.75) is 70.6 Å². The minimum atomic E-state index is -4.86. The Morgan fingerprint density at radius 1 is 1.07 bits per heavy atom. The van der Waals surface area contributed by atoms with E-state index in [1.54, 1.807) is 12.1 Å². The van der Waals surface area contributed by atoms with Crippen molar-refractivity contribution in [1.29, 1.82) is 0 Å². The molecule has 0 unspecified atom stereocenters. The molecule has 14 heteroatoms. The molecule has 9 nitrogen and oxygen atoms in total. The van der Waals surface area contributed by atoms with Crippen molar-refractivity contribution in [3.05, 3.63) is 64.6 Å². The van der Waals surface area contributed by atoms with E-state index < -0.39 is 41.9 Å². The van der Waals surface area contributed by atoms with Crippen LogP contribution in [0.3, 0.4) is 0 Å². The Morgan fingerprint density at radius 2 is 1.73 bits per heavy atom. The second-order valence-corrected chi connectivity index (χ2v) is 19.3. The number of ether oxygens (including phenoxy) is 2. The van der Waals surface area contributed by atoms with Gasteiger partial charge in [0, 0.05) is 24.1 Å². The Morgan fingerprint density at radius 3 is 2.38 bits per heavy atom. The van der Waals surface area contributed by atoms with E-state index in [0.29, 0.717) is 24.5 Å². The molecular weight excluding hydrogens is 628 g/mol. The molecule has 45 heavy (non-hydrogen) atoms. The van der Waals surface area contributed by atoms with E-state index >= 15 is 0 Å². The Hall–Kier alpha value is -3.20. The number of nitrogens with one attached hydrogen (secondary N) is 1. The van der Waals surface area contributed by atoms with Gasteiger partial charge < -0.3 is 19.2 Å². The average molecular weight is 668 g/mol. The lowest BCUT2D eigenvalue weighted by molar-refractivity contribution is -0.274. The molecule has 1 saturated heterocycles. The zero-order valence-electron chi connectivity index (χ0n) is 26.3. The third-order valence-electron chi connectivity index (χ3n) is 8.59. The lowest BCUT2D eigenvalue weighted by Gasteiger charge is -2.36. The SMILES string of the molecule is Cc1c(C=CS(=O)(=O)N2CCC3(CC2)N=C(c2cccc(OC(F)(F)F)c2)NC3=O)cccc1OCCO[Si](C)(C)C(C)(C)C. The smallest absolute Gasteiger partial charge is 0.491 e. The number of sulfonamides is 1. The van der Waals surface area contributed by atoms with Gasteiger partial charge in [-0.05, 0) is 73.3 Å². The molecule has 0 atom stereocenters. The molecular formula is C31H40F3N3O6SSi. The number of amides is 1. The molecule has 0 aliphatic carbocycles. The molecule has 0 aromatic heterocycles. The first-order chi connectivity index (χ1) is 20.8. The van der Waals surface area contributed by atoms with Crippen LogP contribution in [0.25, 0.3) is 6.08 Å². The summed E-state index contributed by atoms with van der Waals surface area (Å²) in [6, 6.07) is 10.6. The van der Waals surface area contributed by atoms with Crippen molar-refractivity contribution in [3.8, 4) is 11.5 Å². The summed E-state index contributed by atoms with van der Waals surface area (Å²) in [6.45, 7) is 13.7. The van der Waals surface area contributed by atoms with Gasteiger partial charge in [0.25, 0.3) is 5.91 Å². The molecule has 2 aliphatic rings. The molecule has 246 valence electrons. The van der Waals surface area contributed by atoms with Crippen LogP contribution in [-0.4, -0.2) is 71.0 Å². The number of nitrogens with zero attached hydrogens (tertiary/aromatic N) is 2. The summed E-state index contributed by atoms with van der Waals surface area (Å²) in [5.74, 6) is -0.0966. The van der Waals surface area contributed by atoms with Crippen molar-refractivity contribution >= 4 is 36.2 Å². The van der Waals surface area contributed by atoms with Crippen molar-refractivity contribution in [2.75, 3.05) is 26.3 Å². The van der Waals surface area contributed by atoms with Crippen LogP contribution < -0.4 is 14.8 Å². The van der Waals surface area contributed by atoms with Crippen LogP contribution in [0.1, 0.15) is 50.3 Å². The zero-order chi connectivity index (χ0) is 33.3. The number of alkyl halides is 3. The fourth-order valence-electron chi connectivity index (χ4n) is 4.82. The summed E-state index contributed by atoms with van der Waals surface area (Å²) in [5.41, 5.74) is 0.534. The molecule has 2 aromatic carbocycles. The minimum absolute atomic E-state index is 0.0461. The van der Waals surface area contributed by atoms with Gasteiger partial charge in [-0.1, -0.05) is 45.0 Å². The summed E-state index contributed by atoms with van der Waals surface area (Å²) >= 11 is 0. The first-order valence-electron chi connectivity index (χ1n) is 14.6. The number of amidine groups is 1. The van der Waals surface area contributed by atoms with E-state index in [2.05, 4.69) is 48.9 Å². The van der Waals surface area contributed by atoms with Crippen molar-refractivity contribution in [1.82, 2.24) is 9.62 Å². The molecule has 1 fully saturated rings. The standard InChI is InChI=1S/C31H40F3N3O6SSi/c1-22-23(9-8-12-26(22)41-18-19-42-45(5,6)29(2,3)4)13-20-44(39,40)37-16-14-30(15-17-37)28(38)35-27(36-30)24-10-7-11-25(21-24)43-31(32,33)34/h7-13,20-21H,14-19H2,1-6H3,(H,35,36,38). The second-order valence-electron chi connectivity index (χ2n) is 12.7. The molecule has 1 spiro atoms. The first kappa shape index (κ1) is 34.7. The van der Waals surface area contributed by atoms with Crippen LogP contribution in [0, 0.1) is 6.92 Å². The van der Waals surface area contributed by atoms with Crippen LogP contribution in [0.5, 0.6) is 11.5 Å². The van der Waals surface area contributed by atoms with Gasteiger partial charge in [-0.3, -0.25) is 9.79 Å². The van der Waals surface area contributed by atoms with E-state index in [1.165, 1.54) is 22.5 Å². The van der Waals surface area contributed by atoms with Gasteiger partial charge in [0.1, 0.15) is 29.5 Å². The van der Waals surface area contributed by atoms with Crippen LogP contribution in [0.2, 0.25) is 18.1 Å². The Kier molecular flexibility index (Phi) is 9.93. The highest BCUT2D eigenvalue weighted by molar-refractivity contribution is 7.92. The minimum Gasteiger partial charge on any atom is -0.491 e. The van der Waals surface area contributed by atoms with Gasteiger partial charge in [0.2, 0.25) is 10.0 Å². The van der Waals surface area contributed by atoms with Crippen molar-refractivity contribution in [2.24, 2.45) is 4.99 Å². The number of halogens is 3. The summed E-state index contributed by atoms with van der Waals surface area (Å²) in [7, 11) is -5.71. The monoisotopic (exact) mass is 667 g/mol. The van der Waals surface area contributed by atoms with E-state index in [4.69, 9.17) is 9.16 Å². The second kappa shape index (κ2) is 12.9. The fraction of sp³-hybridized carbons (Fsp3) is 0.484. The highest BCUT2D eigenvalue weighted by Crippen LogP contribution is 2.37. The zero-order valence-corrected chi connectivity index (χ0v) is 28.1.